The number of ketones is 2. The van der Waals surface area contributed by atoms with Crippen molar-refractivity contribution in [2.45, 2.75) is 99.0 Å². The van der Waals surface area contributed by atoms with Gasteiger partial charge in [-0.1, -0.05) is 60.1 Å². The lowest BCUT2D eigenvalue weighted by Crippen LogP contribution is -2.66. The van der Waals surface area contributed by atoms with E-state index in [0.29, 0.717) is 0 Å². The van der Waals surface area contributed by atoms with Gasteiger partial charge in [-0.05, 0) is 79.1 Å². The third-order valence-electron chi connectivity index (χ3n) is 12.6. The number of Topliss-reactive ketones (excluding diaryl/α,β-unsaturated/α-hetero) is 1. The summed E-state index contributed by atoms with van der Waals surface area (Å²) in [4.78, 5) is 37.4. The van der Waals surface area contributed by atoms with Gasteiger partial charge in [-0.25, -0.2) is 0 Å². The van der Waals surface area contributed by atoms with E-state index in [1.807, 2.05) is 26.0 Å². The van der Waals surface area contributed by atoms with Gasteiger partial charge < -0.3 is 14.2 Å². The third kappa shape index (κ3) is 4.50. The standard InChI is InChI=1S/C33H48NO6P/c1-28(2)11-13-33(39-15-16-40-41(8,37)38)14-12-32(7)26(22(33)19-28)23(35)17-25-30(5)18-21(20-34)27(36)29(3,4)24(30)9-10-31(25,32)6/h17-18,22,24,26H,9-16,19H2,1-8H3,(H,37,38)/t22-,24-,26-,30-,31+,32+,33-/m0/s1. The number of ether oxygens (including phenoxy) is 1. The van der Waals surface area contributed by atoms with Gasteiger partial charge >= 0.3 is 7.60 Å². The van der Waals surface area contributed by atoms with Crippen molar-refractivity contribution in [1.82, 2.24) is 0 Å². The first kappa shape index (κ1) is 30.9. The van der Waals surface area contributed by atoms with Crippen LogP contribution in [0.15, 0.2) is 23.3 Å². The Morgan fingerprint density at radius 2 is 1.68 bits per heavy atom. The minimum atomic E-state index is -3.59. The zero-order valence-electron chi connectivity index (χ0n) is 26.1. The molecule has 8 atom stereocenters. The number of fused-ring (bicyclic) bond motifs is 7. The fourth-order valence-electron chi connectivity index (χ4n) is 10.3. The van der Waals surface area contributed by atoms with Gasteiger partial charge in [-0.2, -0.15) is 5.26 Å². The molecule has 41 heavy (non-hydrogen) atoms. The number of carbonyl (C=O) groups is 2. The summed E-state index contributed by atoms with van der Waals surface area (Å²) >= 11 is 0. The molecule has 0 aromatic carbocycles. The summed E-state index contributed by atoms with van der Waals surface area (Å²) < 4.78 is 23.5. The first-order valence-electron chi connectivity index (χ1n) is 15.3. The van der Waals surface area contributed by atoms with Gasteiger partial charge in [-0.15, -0.1) is 0 Å². The zero-order valence-corrected chi connectivity index (χ0v) is 27.0. The topological polar surface area (TPSA) is 114 Å². The normalized spacial score (nSPS) is 44.1. The van der Waals surface area contributed by atoms with E-state index in [-0.39, 0.29) is 64.4 Å². The van der Waals surface area contributed by atoms with Crippen LogP contribution in [0.25, 0.3) is 0 Å². The summed E-state index contributed by atoms with van der Waals surface area (Å²) in [5.74, 6) is -0.115. The molecule has 7 nitrogen and oxygen atoms in total. The molecule has 1 N–H and O–H groups in total. The molecule has 3 fully saturated rings. The van der Waals surface area contributed by atoms with Crippen molar-refractivity contribution in [3.63, 3.8) is 0 Å². The molecule has 0 radical (unpaired) electrons. The molecule has 0 aromatic rings. The Balaban J connectivity index is 1.58. The summed E-state index contributed by atoms with van der Waals surface area (Å²) in [5, 5.41) is 9.91. The number of carbonyl (C=O) groups excluding carboxylic acids is 2. The minimum Gasteiger partial charge on any atom is -0.372 e. The Morgan fingerprint density at radius 1 is 1.02 bits per heavy atom. The van der Waals surface area contributed by atoms with Gasteiger partial charge in [-0.3, -0.25) is 14.2 Å². The maximum absolute atomic E-state index is 14.5. The Labute approximate surface area is 245 Å². The quantitative estimate of drug-likeness (QED) is 0.279. The number of hydrogen-bond acceptors (Lipinski definition) is 6. The summed E-state index contributed by atoms with van der Waals surface area (Å²) in [7, 11) is -3.59. The highest BCUT2D eigenvalue weighted by atomic mass is 31.2. The molecular weight excluding hydrogens is 537 g/mol. The maximum atomic E-state index is 14.5. The Bertz CT molecular complexity index is 1320. The third-order valence-corrected chi connectivity index (χ3v) is 13.2. The van der Waals surface area contributed by atoms with Crippen LogP contribution in [0.4, 0.5) is 0 Å². The van der Waals surface area contributed by atoms with Crippen LogP contribution in [0.3, 0.4) is 0 Å². The Hall–Kier alpha value is -1.58. The van der Waals surface area contributed by atoms with Crippen LogP contribution in [0.5, 0.6) is 0 Å². The van der Waals surface area contributed by atoms with E-state index in [2.05, 4.69) is 40.7 Å². The van der Waals surface area contributed by atoms with Crippen molar-refractivity contribution in [3.8, 4) is 6.07 Å². The van der Waals surface area contributed by atoms with Crippen LogP contribution in [0.1, 0.15) is 93.4 Å². The van der Waals surface area contributed by atoms with E-state index in [1.165, 1.54) is 6.66 Å². The summed E-state index contributed by atoms with van der Waals surface area (Å²) in [6, 6.07) is 2.18. The molecule has 8 heteroatoms. The van der Waals surface area contributed by atoms with Crippen LogP contribution >= 0.6 is 7.60 Å². The molecule has 0 bridgehead atoms. The fourth-order valence-corrected chi connectivity index (χ4v) is 10.7. The van der Waals surface area contributed by atoms with Crippen molar-refractivity contribution >= 4 is 19.2 Å². The van der Waals surface area contributed by atoms with E-state index in [0.717, 1.165) is 50.5 Å². The van der Waals surface area contributed by atoms with Crippen LogP contribution in [0.2, 0.25) is 0 Å². The number of rotatable bonds is 5. The van der Waals surface area contributed by atoms with Crippen molar-refractivity contribution in [2.75, 3.05) is 19.9 Å². The maximum Gasteiger partial charge on any atom is 0.325 e. The van der Waals surface area contributed by atoms with E-state index in [1.54, 1.807) is 0 Å². The first-order chi connectivity index (χ1) is 18.8. The highest BCUT2D eigenvalue weighted by Gasteiger charge is 2.70. The van der Waals surface area contributed by atoms with Crippen molar-refractivity contribution in [2.24, 2.45) is 44.8 Å². The van der Waals surface area contributed by atoms with Gasteiger partial charge in [0, 0.05) is 23.4 Å². The molecule has 0 spiro atoms. The molecular formula is C33H48NO6P. The number of nitriles is 1. The summed E-state index contributed by atoms with van der Waals surface area (Å²) in [6.07, 6.45) is 9.94. The number of nitrogens with zero attached hydrogens (tertiary/aromatic N) is 1. The van der Waals surface area contributed by atoms with Crippen LogP contribution in [0, 0.1) is 56.2 Å². The monoisotopic (exact) mass is 585 g/mol. The summed E-state index contributed by atoms with van der Waals surface area (Å²) in [5.41, 5.74) is -0.897. The van der Waals surface area contributed by atoms with Gasteiger partial charge in [0.15, 0.2) is 11.6 Å². The van der Waals surface area contributed by atoms with Crippen molar-refractivity contribution in [1.29, 1.82) is 5.26 Å². The molecule has 0 heterocycles. The second-order valence-electron chi connectivity index (χ2n) is 15.8. The predicted molar refractivity (Wildman–Crippen MR) is 157 cm³/mol. The second-order valence-corrected chi connectivity index (χ2v) is 17.7. The Morgan fingerprint density at radius 3 is 2.32 bits per heavy atom. The van der Waals surface area contributed by atoms with Gasteiger partial charge in [0.1, 0.15) is 6.07 Å². The lowest BCUT2D eigenvalue weighted by atomic mass is 9.35. The molecule has 3 saturated carbocycles. The highest BCUT2D eigenvalue weighted by Crippen LogP contribution is 2.73. The number of allylic oxidation sites excluding steroid dienone is 4. The van der Waals surface area contributed by atoms with Crippen LogP contribution < -0.4 is 0 Å². The average Bonchev–Trinajstić information content (AvgIpc) is 2.85. The molecule has 226 valence electrons. The molecule has 0 aliphatic heterocycles. The zero-order chi connectivity index (χ0) is 30.4. The fraction of sp³-hybridized carbons (Fsp3) is 0.788. The Kier molecular flexibility index (Phi) is 7.12. The SMILES string of the molecule is CC1(C)CC[C@]2(OCCOP(C)(=O)O)CC[C@]3(C)[C@H](C(=O)C=C4[C@@]5(C)C=C(C#N)C(=O)C(C)(C)[C@@H]5CC[C@]43C)[C@@H]2C1. The smallest absolute Gasteiger partial charge is 0.325 e. The molecule has 0 aromatic heterocycles. The van der Waals surface area contributed by atoms with E-state index in [4.69, 9.17) is 9.26 Å². The summed E-state index contributed by atoms with van der Waals surface area (Å²) in [6.45, 7) is 16.7. The van der Waals surface area contributed by atoms with Gasteiger partial charge in [0.25, 0.3) is 0 Å². The van der Waals surface area contributed by atoms with E-state index in [9.17, 15) is 24.3 Å². The highest BCUT2D eigenvalue weighted by molar-refractivity contribution is 7.51. The van der Waals surface area contributed by atoms with Crippen molar-refractivity contribution in [3.05, 3.63) is 23.3 Å². The molecule has 0 amide bonds. The predicted octanol–water partition coefficient (Wildman–Crippen LogP) is 6.81. The van der Waals surface area contributed by atoms with Gasteiger partial charge in [0.05, 0.1) is 24.4 Å². The number of hydrogen-bond donors (Lipinski definition) is 1. The first-order valence-corrected chi connectivity index (χ1v) is 17.3. The minimum absolute atomic E-state index is 0.0209. The average molecular weight is 586 g/mol. The molecule has 5 aliphatic rings. The van der Waals surface area contributed by atoms with Crippen LogP contribution in [-0.4, -0.2) is 41.9 Å². The molecule has 0 saturated heterocycles. The van der Waals surface area contributed by atoms with Crippen molar-refractivity contribution < 1.29 is 28.3 Å². The van der Waals surface area contributed by atoms with E-state index >= 15 is 0 Å². The molecule has 5 rings (SSSR count). The lowest BCUT2D eigenvalue weighted by Gasteiger charge is -2.69. The molecule has 5 aliphatic carbocycles. The van der Waals surface area contributed by atoms with Gasteiger partial charge in [0.2, 0.25) is 0 Å². The largest absolute Gasteiger partial charge is 0.372 e. The van der Waals surface area contributed by atoms with Crippen LogP contribution in [-0.2, 0) is 23.4 Å². The molecule has 1 unspecified atom stereocenters. The second kappa shape index (κ2) is 9.46. The van der Waals surface area contributed by atoms with E-state index < -0.39 is 24.0 Å². The lowest BCUT2D eigenvalue weighted by molar-refractivity contribution is -0.215.